The lowest BCUT2D eigenvalue weighted by Crippen LogP contribution is -2.57. The van der Waals surface area contributed by atoms with E-state index in [1.807, 2.05) is 13.8 Å². The van der Waals surface area contributed by atoms with Gasteiger partial charge in [-0.05, 0) is 26.8 Å². The second-order valence-electron chi connectivity index (χ2n) is 6.60. The molecule has 2 rings (SSSR count). The summed E-state index contributed by atoms with van der Waals surface area (Å²) in [4.78, 5) is 23.0. The van der Waals surface area contributed by atoms with E-state index in [9.17, 15) is 28.1 Å². The number of ether oxygens (including phenoxy) is 2. The summed E-state index contributed by atoms with van der Waals surface area (Å²) >= 11 is 0. The Morgan fingerprint density at radius 2 is 1.74 bits per heavy atom. The van der Waals surface area contributed by atoms with Gasteiger partial charge in [-0.2, -0.15) is 13.2 Å². The first-order valence-electron chi connectivity index (χ1n) is 8.36. The normalized spacial score (nSPS) is 14.6. The lowest BCUT2D eigenvalue weighted by molar-refractivity contribution is -0.385. The van der Waals surface area contributed by atoms with Gasteiger partial charge in [0.15, 0.2) is 0 Å². The van der Waals surface area contributed by atoms with Crippen LogP contribution >= 0.6 is 0 Å². The molecular formula is C17H23F3N2O5. The molecule has 1 saturated heterocycles. The van der Waals surface area contributed by atoms with Crippen LogP contribution in [0.15, 0.2) is 18.2 Å². The fourth-order valence-electron chi connectivity index (χ4n) is 2.10. The number of non-ortho nitro benzene ring substituents is 1. The van der Waals surface area contributed by atoms with Gasteiger partial charge in [-0.1, -0.05) is 13.8 Å². The van der Waals surface area contributed by atoms with Crippen LogP contribution in [0.1, 0.15) is 40.2 Å². The van der Waals surface area contributed by atoms with Gasteiger partial charge in [0, 0.05) is 6.07 Å². The number of hydrogen-bond donors (Lipinski definition) is 0. The molecule has 0 saturated carbocycles. The van der Waals surface area contributed by atoms with Crippen LogP contribution in [0, 0.1) is 10.1 Å². The zero-order valence-corrected chi connectivity index (χ0v) is 15.8. The smallest absolute Gasteiger partial charge is 0.416 e. The third-order valence-electron chi connectivity index (χ3n) is 3.23. The number of nitro groups is 1. The molecule has 1 heterocycles. The number of hydrogen-bond acceptors (Lipinski definition) is 5. The molecule has 0 N–H and O–H groups in total. The van der Waals surface area contributed by atoms with Crippen LogP contribution in [0.4, 0.5) is 23.7 Å². The van der Waals surface area contributed by atoms with Crippen molar-refractivity contribution in [1.82, 2.24) is 4.90 Å². The maximum absolute atomic E-state index is 12.8. The summed E-state index contributed by atoms with van der Waals surface area (Å²) in [5.41, 5.74) is -2.54. The molecule has 1 amide bonds. The van der Waals surface area contributed by atoms with Crippen LogP contribution in [-0.4, -0.2) is 40.7 Å². The van der Waals surface area contributed by atoms with Crippen molar-refractivity contribution < 1.29 is 32.4 Å². The summed E-state index contributed by atoms with van der Waals surface area (Å²) in [6.07, 6.45) is -5.84. The van der Waals surface area contributed by atoms with E-state index in [-0.39, 0.29) is 18.8 Å². The Kier molecular flexibility index (Phi) is 7.05. The van der Waals surface area contributed by atoms with Gasteiger partial charge < -0.3 is 14.4 Å². The average Bonchev–Trinajstić information content (AvgIpc) is 2.49. The molecule has 1 aliphatic heterocycles. The van der Waals surface area contributed by atoms with E-state index in [2.05, 4.69) is 0 Å². The summed E-state index contributed by atoms with van der Waals surface area (Å²) in [6, 6.07) is 2.06. The van der Waals surface area contributed by atoms with Crippen LogP contribution in [0.2, 0.25) is 0 Å². The number of rotatable bonds is 3. The Morgan fingerprint density at radius 3 is 2.19 bits per heavy atom. The number of carbonyl (C=O) groups is 1. The second-order valence-corrected chi connectivity index (χ2v) is 6.60. The minimum Gasteiger partial charge on any atom is -0.486 e. The van der Waals surface area contributed by atoms with E-state index >= 15 is 0 Å². The number of alkyl halides is 3. The maximum atomic E-state index is 12.8. The van der Waals surface area contributed by atoms with Crippen LogP contribution in [0.3, 0.4) is 0 Å². The molecule has 0 bridgehead atoms. The van der Waals surface area contributed by atoms with Crippen molar-refractivity contribution in [1.29, 1.82) is 0 Å². The molecule has 0 atom stereocenters. The predicted octanol–water partition coefficient (Wildman–Crippen LogP) is 4.64. The molecule has 10 heteroatoms. The summed E-state index contributed by atoms with van der Waals surface area (Å²) in [5, 5.41) is 10.8. The number of benzene rings is 1. The van der Waals surface area contributed by atoms with Gasteiger partial charge in [0.05, 0.1) is 29.6 Å². The van der Waals surface area contributed by atoms with Crippen molar-refractivity contribution in [3.05, 3.63) is 33.9 Å². The quantitative estimate of drug-likeness (QED) is 0.553. The molecule has 1 aliphatic rings. The number of nitrogens with zero attached hydrogens (tertiary/aromatic N) is 2. The molecule has 152 valence electrons. The lowest BCUT2D eigenvalue weighted by atomic mass is 10.1. The zero-order valence-electron chi connectivity index (χ0n) is 15.8. The molecular weight excluding hydrogens is 369 g/mol. The molecule has 0 aromatic heterocycles. The van der Waals surface area contributed by atoms with Crippen molar-refractivity contribution in [2.45, 2.75) is 52.5 Å². The SMILES string of the molecule is CC.CC(C)(C)OC(=O)N1CC(Oc2cc([N+](=O)[O-])cc(C(F)(F)F)c2)C1. The molecule has 1 aromatic carbocycles. The van der Waals surface area contributed by atoms with Gasteiger partial charge in [-0.25, -0.2) is 4.79 Å². The Bertz CT molecular complexity index is 680. The number of carbonyl (C=O) groups excluding carboxylic acids is 1. The van der Waals surface area contributed by atoms with Gasteiger partial charge in [0.25, 0.3) is 5.69 Å². The van der Waals surface area contributed by atoms with E-state index < -0.39 is 40.1 Å². The van der Waals surface area contributed by atoms with Gasteiger partial charge in [0.2, 0.25) is 0 Å². The molecule has 0 unspecified atom stereocenters. The molecule has 1 aromatic rings. The van der Waals surface area contributed by atoms with Crippen molar-refractivity contribution in [3.63, 3.8) is 0 Å². The summed E-state index contributed by atoms with van der Waals surface area (Å²) in [6.45, 7) is 9.37. The van der Waals surface area contributed by atoms with E-state index in [0.717, 1.165) is 6.07 Å². The van der Waals surface area contributed by atoms with E-state index in [1.54, 1.807) is 20.8 Å². The van der Waals surface area contributed by atoms with Gasteiger partial charge in [-0.15, -0.1) is 0 Å². The number of amides is 1. The largest absolute Gasteiger partial charge is 0.486 e. The monoisotopic (exact) mass is 392 g/mol. The summed E-state index contributed by atoms with van der Waals surface area (Å²) < 4.78 is 48.9. The highest BCUT2D eigenvalue weighted by atomic mass is 19.4. The van der Waals surface area contributed by atoms with Crippen LogP contribution in [0.5, 0.6) is 5.75 Å². The fourth-order valence-corrected chi connectivity index (χ4v) is 2.10. The maximum Gasteiger partial charge on any atom is 0.416 e. The predicted molar refractivity (Wildman–Crippen MR) is 91.7 cm³/mol. The first-order valence-corrected chi connectivity index (χ1v) is 8.36. The second kappa shape index (κ2) is 8.45. The minimum absolute atomic E-state index is 0.124. The molecule has 27 heavy (non-hydrogen) atoms. The topological polar surface area (TPSA) is 81.9 Å². The average molecular weight is 392 g/mol. The molecule has 0 radical (unpaired) electrons. The van der Waals surface area contributed by atoms with Crippen LogP contribution in [0.25, 0.3) is 0 Å². The summed E-state index contributed by atoms with van der Waals surface area (Å²) in [5.74, 6) is -0.268. The number of halogens is 3. The van der Waals surface area contributed by atoms with E-state index in [0.29, 0.717) is 12.1 Å². The van der Waals surface area contributed by atoms with Crippen LogP contribution < -0.4 is 4.74 Å². The third kappa shape index (κ3) is 6.61. The van der Waals surface area contributed by atoms with Crippen LogP contribution in [-0.2, 0) is 10.9 Å². The van der Waals surface area contributed by atoms with Gasteiger partial charge in [0.1, 0.15) is 17.5 Å². The number of likely N-dealkylation sites (tertiary alicyclic amines) is 1. The molecule has 0 aliphatic carbocycles. The molecule has 7 nitrogen and oxygen atoms in total. The molecule has 0 spiro atoms. The zero-order chi connectivity index (χ0) is 21.0. The van der Waals surface area contributed by atoms with Crippen molar-refractivity contribution in [3.8, 4) is 5.75 Å². The van der Waals surface area contributed by atoms with E-state index in [4.69, 9.17) is 9.47 Å². The highest BCUT2D eigenvalue weighted by Crippen LogP contribution is 2.35. The minimum atomic E-state index is -4.73. The molecule has 1 fully saturated rings. The third-order valence-corrected chi connectivity index (χ3v) is 3.23. The Hall–Kier alpha value is -2.52. The number of nitro benzene ring substituents is 1. The first-order chi connectivity index (χ1) is 12.3. The van der Waals surface area contributed by atoms with Gasteiger partial charge in [-0.3, -0.25) is 10.1 Å². The van der Waals surface area contributed by atoms with Crippen molar-refractivity contribution in [2.75, 3.05) is 13.1 Å². The Morgan fingerprint density at radius 1 is 1.19 bits per heavy atom. The Balaban J connectivity index is 0.00000176. The standard InChI is InChI=1S/C15H17F3N2O5.C2H6/c1-14(2,3)25-13(21)19-7-12(8-19)24-11-5-9(15(16,17)18)4-10(6-11)20(22)23;1-2/h4-6,12H,7-8H2,1-3H3;1-2H3. The highest BCUT2D eigenvalue weighted by molar-refractivity contribution is 5.69. The van der Waals surface area contributed by atoms with Crippen molar-refractivity contribution in [2.24, 2.45) is 0 Å². The lowest BCUT2D eigenvalue weighted by Gasteiger charge is -2.39. The Labute approximate surface area is 155 Å². The highest BCUT2D eigenvalue weighted by Gasteiger charge is 2.37. The van der Waals surface area contributed by atoms with Crippen molar-refractivity contribution >= 4 is 11.8 Å². The summed E-state index contributed by atoms with van der Waals surface area (Å²) in [7, 11) is 0. The van der Waals surface area contributed by atoms with Gasteiger partial charge >= 0.3 is 12.3 Å². The fraction of sp³-hybridized carbons (Fsp3) is 0.588. The first kappa shape index (κ1) is 22.5. The van der Waals surface area contributed by atoms with E-state index in [1.165, 1.54) is 4.90 Å².